The Morgan fingerprint density at radius 1 is 1.17 bits per heavy atom. The minimum atomic E-state index is 0.648. The van der Waals surface area contributed by atoms with E-state index in [1.54, 1.807) is 16.8 Å². The van der Waals surface area contributed by atoms with Gasteiger partial charge >= 0.3 is 0 Å². The summed E-state index contributed by atoms with van der Waals surface area (Å²) < 4.78 is 1.75. The number of carbonyl (C=O) groups is 1. The highest BCUT2D eigenvalue weighted by Crippen LogP contribution is 2.18. The number of hydrogen-bond donors (Lipinski definition) is 0. The van der Waals surface area contributed by atoms with Crippen LogP contribution in [0, 0.1) is 13.8 Å². The molecule has 0 spiro atoms. The molecule has 1 aromatic heterocycles. The van der Waals surface area contributed by atoms with E-state index in [0.29, 0.717) is 10.6 Å². The average molecular weight is 265 g/mol. The van der Waals surface area contributed by atoms with E-state index in [1.165, 1.54) is 0 Å². The van der Waals surface area contributed by atoms with Crippen molar-refractivity contribution in [3.05, 3.63) is 46.2 Å². The lowest BCUT2D eigenvalue weighted by atomic mass is 10.2. The minimum Gasteiger partial charge on any atom is -0.298 e. The van der Waals surface area contributed by atoms with Gasteiger partial charge in [-0.1, -0.05) is 25.4 Å². The molecular weight excluding hydrogens is 248 g/mol. The van der Waals surface area contributed by atoms with Crippen LogP contribution in [0.4, 0.5) is 0 Å². The van der Waals surface area contributed by atoms with Gasteiger partial charge < -0.3 is 0 Å². The summed E-state index contributed by atoms with van der Waals surface area (Å²) >= 11 is 5.82. The van der Waals surface area contributed by atoms with Gasteiger partial charge in [0.15, 0.2) is 6.29 Å². The Labute approximate surface area is 112 Å². The van der Waals surface area contributed by atoms with Crippen molar-refractivity contribution in [3.63, 3.8) is 0 Å². The van der Waals surface area contributed by atoms with E-state index in [0.717, 1.165) is 23.4 Å². The fourth-order valence-corrected chi connectivity index (χ4v) is 1.78. The highest BCUT2D eigenvalue weighted by molar-refractivity contribution is 6.30. The highest BCUT2D eigenvalue weighted by Gasteiger charge is 2.11. The van der Waals surface area contributed by atoms with Crippen LogP contribution < -0.4 is 0 Å². The molecule has 0 aliphatic rings. The topological polar surface area (TPSA) is 34.9 Å². The Balaban J connectivity index is 0.000000771. The molecule has 0 atom stereocenters. The molecule has 0 amide bonds. The molecule has 96 valence electrons. The molecule has 0 radical (unpaired) electrons. The van der Waals surface area contributed by atoms with Crippen LogP contribution in [0.15, 0.2) is 24.3 Å². The van der Waals surface area contributed by atoms with Crippen molar-refractivity contribution in [1.82, 2.24) is 9.78 Å². The second kappa shape index (κ2) is 6.36. The molecule has 0 saturated carbocycles. The third-order valence-corrected chi connectivity index (χ3v) is 2.79. The van der Waals surface area contributed by atoms with Crippen LogP contribution in [0.1, 0.15) is 35.6 Å². The maximum Gasteiger partial charge on any atom is 0.153 e. The van der Waals surface area contributed by atoms with Gasteiger partial charge in [0.25, 0.3) is 0 Å². The molecule has 4 heteroatoms. The molecule has 18 heavy (non-hydrogen) atoms. The van der Waals surface area contributed by atoms with Gasteiger partial charge in [0, 0.05) is 5.02 Å². The number of carbonyl (C=O) groups excluding carboxylic acids is 1. The second-order valence-corrected chi connectivity index (χ2v) is 4.03. The zero-order valence-corrected chi connectivity index (χ0v) is 11.8. The van der Waals surface area contributed by atoms with Crippen molar-refractivity contribution < 1.29 is 4.79 Å². The van der Waals surface area contributed by atoms with E-state index in [2.05, 4.69) is 5.10 Å². The molecule has 1 heterocycles. The molecule has 0 aliphatic heterocycles. The summed E-state index contributed by atoms with van der Waals surface area (Å²) in [5, 5.41) is 5.00. The van der Waals surface area contributed by atoms with Crippen LogP contribution >= 0.6 is 11.6 Å². The molecule has 0 N–H and O–H groups in total. The van der Waals surface area contributed by atoms with E-state index in [-0.39, 0.29) is 0 Å². The van der Waals surface area contributed by atoms with Crippen LogP contribution in [0.25, 0.3) is 5.69 Å². The summed E-state index contributed by atoms with van der Waals surface area (Å²) in [5.41, 5.74) is 3.13. The zero-order chi connectivity index (χ0) is 13.7. The first kappa shape index (κ1) is 14.5. The maximum absolute atomic E-state index is 10.9. The highest BCUT2D eigenvalue weighted by atomic mass is 35.5. The molecule has 0 bridgehead atoms. The fraction of sp³-hybridized carbons (Fsp3) is 0.286. The van der Waals surface area contributed by atoms with E-state index in [1.807, 2.05) is 39.8 Å². The number of aromatic nitrogens is 2. The standard InChI is InChI=1S/C12H11ClN2O.C2H6/c1-8-12(7-16)9(2)15(14-8)11-5-3-10(13)4-6-11;1-2/h3-7H,1-2H3;1-2H3. The van der Waals surface area contributed by atoms with Crippen molar-refractivity contribution in [2.45, 2.75) is 27.7 Å². The van der Waals surface area contributed by atoms with E-state index in [9.17, 15) is 4.79 Å². The number of benzene rings is 1. The Bertz CT molecular complexity index is 529. The summed E-state index contributed by atoms with van der Waals surface area (Å²) in [6.07, 6.45) is 0.837. The smallest absolute Gasteiger partial charge is 0.153 e. The summed E-state index contributed by atoms with van der Waals surface area (Å²) in [5.74, 6) is 0. The second-order valence-electron chi connectivity index (χ2n) is 3.59. The zero-order valence-electron chi connectivity index (χ0n) is 11.1. The van der Waals surface area contributed by atoms with Gasteiger partial charge in [-0.15, -0.1) is 0 Å². The molecule has 2 aromatic rings. The number of nitrogens with zero attached hydrogens (tertiary/aromatic N) is 2. The molecular formula is C14H17ClN2O. The molecule has 0 unspecified atom stereocenters. The molecule has 0 saturated heterocycles. The van der Waals surface area contributed by atoms with Crippen LogP contribution in [-0.2, 0) is 0 Å². The molecule has 0 aliphatic carbocycles. The largest absolute Gasteiger partial charge is 0.298 e. The Morgan fingerprint density at radius 3 is 2.17 bits per heavy atom. The van der Waals surface area contributed by atoms with Crippen molar-refractivity contribution in [1.29, 1.82) is 0 Å². The van der Waals surface area contributed by atoms with Crippen molar-refractivity contribution in [2.75, 3.05) is 0 Å². The summed E-state index contributed by atoms with van der Waals surface area (Å²) in [4.78, 5) is 10.9. The van der Waals surface area contributed by atoms with Crippen molar-refractivity contribution in [3.8, 4) is 5.69 Å². The first-order valence-corrected chi connectivity index (χ1v) is 6.28. The number of rotatable bonds is 2. The van der Waals surface area contributed by atoms with Crippen LogP contribution in [0.5, 0.6) is 0 Å². The predicted molar refractivity (Wildman–Crippen MR) is 74.8 cm³/mol. The predicted octanol–water partition coefficient (Wildman–Crippen LogP) is 3.98. The number of aryl methyl sites for hydroxylation is 1. The van der Waals surface area contributed by atoms with E-state index in [4.69, 9.17) is 11.6 Å². The lowest BCUT2D eigenvalue weighted by molar-refractivity contribution is 0.112. The molecule has 1 aromatic carbocycles. The van der Waals surface area contributed by atoms with Gasteiger partial charge in [0.05, 0.1) is 22.6 Å². The third kappa shape index (κ3) is 2.79. The van der Waals surface area contributed by atoms with Gasteiger partial charge in [0.1, 0.15) is 0 Å². The Hall–Kier alpha value is -1.61. The lowest BCUT2D eigenvalue weighted by Gasteiger charge is -2.03. The summed E-state index contributed by atoms with van der Waals surface area (Å²) in [6.45, 7) is 7.70. The summed E-state index contributed by atoms with van der Waals surface area (Å²) in [7, 11) is 0. The van der Waals surface area contributed by atoms with Crippen molar-refractivity contribution >= 4 is 17.9 Å². The van der Waals surface area contributed by atoms with Gasteiger partial charge in [-0.3, -0.25) is 4.79 Å². The van der Waals surface area contributed by atoms with Gasteiger partial charge in [-0.2, -0.15) is 5.10 Å². The quantitative estimate of drug-likeness (QED) is 0.769. The third-order valence-electron chi connectivity index (χ3n) is 2.54. The van der Waals surface area contributed by atoms with Crippen LogP contribution in [0.3, 0.4) is 0 Å². The Kier molecular flexibility index (Phi) is 5.10. The van der Waals surface area contributed by atoms with E-state index < -0.39 is 0 Å². The summed E-state index contributed by atoms with van der Waals surface area (Å²) in [6, 6.07) is 7.34. The van der Waals surface area contributed by atoms with E-state index >= 15 is 0 Å². The lowest BCUT2D eigenvalue weighted by Crippen LogP contribution is -1.98. The SMILES string of the molecule is CC.Cc1nn(-c2ccc(Cl)cc2)c(C)c1C=O. The number of halogens is 1. The van der Waals surface area contributed by atoms with Crippen molar-refractivity contribution in [2.24, 2.45) is 0 Å². The normalized spacial score (nSPS) is 9.61. The van der Waals surface area contributed by atoms with Gasteiger partial charge in [-0.05, 0) is 38.1 Å². The molecule has 0 fully saturated rings. The molecule has 3 nitrogen and oxygen atoms in total. The first-order chi connectivity index (χ1) is 8.63. The fourth-order valence-electron chi connectivity index (χ4n) is 1.66. The number of aldehydes is 1. The number of hydrogen-bond acceptors (Lipinski definition) is 2. The van der Waals surface area contributed by atoms with Gasteiger partial charge in [0.2, 0.25) is 0 Å². The molecule has 2 rings (SSSR count). The maximum atomic E-state index is 10.9. The Morgan fingerprint density at radius 2 is 1.72 bits per heavy atom. The minimum absolute atomic E-state index is 0.648. The monoisotopic (exact) mass is 264 g/mol. The average Bonchev–Trinajstić information content (AvgIpc) is 2.68. The van der Waals surface area contributed by atoms with Crippen LogP contribution in [-0.4, -0.2) is 16.1 Å². The first-order valence-electron chi connectivity index (χ1n) is 5.91. The van der Waals surface area contributed by atoms with Crippen LogP contribution in [0.2, 0.25) is 5.02 Å². The van der Waals surface area contributed by atoms with Gasteiger partial charge in [-0.25, -0.2) is 4.68 Å².